The number of hydrogen-bond acceptors (Lipinski definition) is 5. The van der Waals surface area contributed by atoms with Gasteiger partial charge in [0.05, 0.1) is 37.8 Å². The highest BCUT2D eigenvalue weighted by Gasteiger charge is 2.28. The van der Waals surface area contributed by atoms with E-state index in [0.29, 0.717) is 24.6 Å². The number of halogens is 1. The van der Waals surface area contributed by atoms with E-state index in [1.54, 1.807) is 6.07 Å². The molecule has 2 atom stereocenters. The van der Waals surface area contributed by atoms with Crippen molar-refractivity contribution in [3.8, 4) is 5.75 Å². The molecule has 0 aliphatic carbocycles. The van der Waals surface area contributed by atoms with Gasteiger partial charge in [0.25, 0.3) is 0 Å². The summed E-state index contributed by atoms with van der Waals surface area (Å²) in [7, 11) is 1.49. The highest BCUT2D eigenvalue weighted by atomic mass is 19.1. The van der Waals surface area contributed by atoms with Crippen molar-refractivity contribution in [2.45, 2.75) is 19.1 Å². The summed E-state index contributed by atoms with van der Waals surface area (Å²) in [5.41, 5.74) is 6.35. The molecule has 1 fully saturated rings. The first kappa shape index (κ1) is 13.9. The van der Waals surface area contributed by atoms with Crippen LogP contribution in [0.15, 0.2) is 12.1 Å². The number of aliphatic hydroxyl groups is 1. The van der Waals surface area contributed by atoms with Gasteiger partial charge < -0.3 is 25.2 Å². The molecule has 1 aromatic carbocycles. The lowest BCUT2D eigenvalue weighted by Crippen LogP contribution is -2.50. The number of morpholine rings is 1. The fourth-order valence-electron chi connectivity index (χ4n) is 2.22. The zero-order valence-corrected chi connectivity index (χ0v) is 11.1. The van der Waals surface area contributed by atoms with E-state index in [0.717, 1.165) is 0 Å². The van der Waals surface area contributed by atoms with E-state index in [1.165, 1.54) is 13.2 Å². The Labute approximate surface area is 111 Å². The highest BCUT2D eigenvalue weighted by molar-refractivity contribution is 5.63. The van der Waals surface area contributed by atoms with Gasteiger partial charge in [0.1, 0.15) is 11.6 Å². The Morgan fingerprint density at radius 1 is 1.58 bits per heavy atom. The van der Waals surface area contributed by atoms with Gasteiger partial charge in [-0.25, -0.2) is 4.39 Å². The number of methoxy groups -OCH3 is 1. The summed E-state index contributed by atoms with van der Waals surface area (Å²) in [6.07, 6.45) is -0.306. The third-order valence-corrected chi connectivity index (χ3v) is 3.32. The van der Waals surface area contributed by atoms with Gasteiger partial charge in [0, 0.05) is 24.7 Å². The smallest absolute Gasteiger partial charge is 0.148 e. The monoisotopic (exact) mass is 270 g/mol. The Bertz CT molecular complexity index is 456. The molecular formula is C13H19FN2O3. The van der Waals surface area contributed by atoms with E-state index in [4.69, 9.17) is 20.3 Å². The summed E-state index contributed by atoms with van der Waals surface area (Å²) in [6.45, 7) is 2.73. The fourth-order valence-corrected chi connectivity index (χ4v) is 2.22. The lowest BCUT2D eigenvalue weighted by molar-refractivity contribution is -0.0105. The minimum Gasteiger partial charge on any atom is -0.495 e. The number of ether oxygens (including phenoxy) is 2. The Hall–Kier alpha value is -1.53. The van der Waals surface area contributed by atoms with Crippen LogP contribution in [0.3, 0.4) is 0 Å². The van der Waals surface area contributed by atoms with E-state index in [9.17, 15) is 4.39 Å². The van der Waals surface area contributed by atoms with Crippen LogP contribution in [0, 0.1) is 5.82 Å². The summed E-state index contributed by atoms with van der Waals surface area (Å²) in [5, 5.41) is 9.17. The molecule has 0 amide bonds. The molecule has 1 aliphatic rings. The van der Waals surface area contributed by atoms with Gasteiger partial charge in [-0.05, 0) is 6.92 Å². The largest absolute Gasteiger partial charge is 0.495 e. The van der Waals surface area contributed by atoms with Crippen molar-refractivity contribution in [1.82, 2.24) is 0 Å². The van der Waals surface area contributed by atoms with Gasteiger partial charge in [-0.2, -0.15) is 0 Å². The van der Waals surface area contributed by atoms with Crippen LogP contribution in [-0.2, 0) is 4.74 Å². The molecule has 2 unspecified atom stereocenters. The first-order valence-electron chi connectivity index (χ1n) is 6.19. The Morgan fingerprint density at radius 2 is 2.32 bits per heavy atom. The van der Waals surface area contributed by atoms with E-state index in [2.05, 4.69) is 0 Å². The van der Waals surface area contributed by atoms with Crippen molar-refractivity contribution in [1.29, 1.82) is 0 Å². The number of nitrogen functional groups attached to an aromatic ring is 1. The molecule has 0 spiro atoms. The first-order valence-corrected chi connectivity index (χ1v) is 6.19. The summed E-state index contributed by atoms with van der Waals surface area (Å²) in [6, 6.07) is 2.86. The van der Waals surface area contributed by atoms with Crippen molar-refractivity contribution in [3.63, 3.8) is 0 Å². The molecule has 1 saturated heterocycles. The van der Waals surface area contributed by atoms with Crippen molar-refractivity contribution < 1.29 is 19.0 Å². The normalized spacial score (nSPS) is 23.5. The van der Waals surface area contributed by atoms with Crippen LogP contribution < -0.4 is 15.4 Å². The number of rotatable bonds is 3. The molecule has 0 saturated carbocycles. The number of nitrogens with two attached hydrogens (primary N) is 1. The number of nitrogens with zero attached hydrogens (tertiary/aromatic N) is 1. The molecule has 0 bridgehead atoms. The summed E-state index contributed by atoms with van der Waals surface area (Å²) < 4.78 is 24.6. The topological polar surface area (TPSA) is 68.0 Å². The molecule has 5 nitrogen and oxygen atoms in total. The van der Waals surface area contributed by atoms with Gasteiger partial charge in [-0.1, -0.05) is 0 Å². The molecule has 106 valence electrons. The summed E-state index contributed by atoms with van der Waals surface area (Å²) >= 11 is 0. The second-order valence-corrected chi connectivity index (χ2v) is 4.68. The van der Waals surface area contributed by atoms with Crippen LogP contribution >= 0.6 is 0 Å². The predicted octanol–water partition coefficient (Wildman–Crippen LogP) is 1.00. The van der Waals surface area contributed by atoms with Crippen molar-refractivity contribution in [2.75, 3.05) is 37.5 Å². The molecular weight excluding hydrogens is 251 g/mol. The Balaban J connectivity index is 2.33. The minimum atomic E-state index is -0.399. The molecule has 1 aromatic rings. The lowest BCUT2D eigenvalue weighted by atomic mass is 10.1. The minimum absolute atomic E-state index is 0.0191. The Kier molecular flexibility index (Phi) is 4.11. The van der Waals surface area contributed by atoms with Gasteiger partial charge >= 0.3 is 0 Å². The van der Waals surface area contributed by atoms with Gasteiger partial charge in [-0.3, -0.25) is 0 Å². The summed E-state index contributed by atoms with van der Waals surface area (Å²) in [5.74, 6) is 0.0411. The summed E-state index contributed by atoms with van der Waals surface area (Å²) in [4.78, 5) is 1.86. The molecule has 0 radical (unpaired) electrons. The standard InChI is InChI=1S/C13H19FN2O3/c1-8-7-19-9(6-17)5-16(8)12-4-13(18-2)11(15)3-10(12)14/h3-4,8-9,17H,5-7,15H2,1-2H3. The van der Waals surface area contributed by atoms with E-state index in [1.807, 2.05) is 11.8 Å². The van der Waals surface area contributed by atoms with E-state index < -0.39 is 5.82 Å². The SMILES string of the molecule is COc1cc(N2CC(CO)OCC2C)c(F)cc1N. The maximum Gasteiger partial charge on any atom is 0.148 e. The van der Waals surface area contributed by atoms with Crippen LogP contribution in [0.2, 0.25) is 0 Å². The highest BCUT2D eigenvalue weighted by Crippen LogP contribution is 2.32. The van der Waals surface area contributed by atoms with Crippen LogP contribution in [0.25, 0.3) is 0 Å². The first-order chi connectivity index (χ1) is 9.06. The maximum atomic E-state index is 14.1. The van der Waals surface area contributed by atoms with Crippen molar-refractivity contribution in [2.24, 2.45) is 0 Å². The zero-order valence-electron chi connectivity index (χ0n) is 11.1. The lowest BCUT2D eigenvalue weighted by Gasteiger charge is -2.39. The average molecular weight is 270 g/mol. The number of aliphatic hydroxyl groups excluding tert-OH is 1. The molecule has 0 aromatic heterocycles. The second-order valence-electron chi connectivity index (χ2n) is 4.68. The van der Waals surface area contributed by atoms with Gasteiger partial charge in [-0.15, -0.1) is 0 Å². The zero-order chi connectivity index (χ0) is 14.0. The molecule has 3 N–H and O–H groups in total. The fraction of sp³-hybridized carbons (Fsp3) is 0.538. The number of hydrogen-bond donors (Lipinski definition) is 2. The van der Waals surface area contributed by atoms with Crippen LogP contribution in [0.1, 0.15) is 6.92 Å². The Morgan fingerprint density at radius 3 is 2.95 bits per heavy atom. The van der Waals surface area contributed by atoms with Crippen molar-refractivity contribution in [3.05, 3.63) is 17.9 Å². The van der Waals surface area contributed by atoms with Crippen LogP contribution in [0.5, 0.6) is 5.75 Å². The third kappa shape index (κ3) is 2.74. The van der Waals surface area contributed by atoms with E-state index in [-0.39, 0.29) is 24.4 Å². The molecule has 6 heteroatoms. The van der Waals surface area contributed by atoms with E-state index >= 15 is 0 Å². The third-order valence-electron chi connectivity index (χ3n) is 3.32. The van der Waals surface area contributed by atoms with Gasteiger partial charge in [0.2, 0.25) is 0 Å². The quantitative estimate of drug-likeness (QED) is 0.802. The van der Waals surface area contributed by atoms with Crippen LogP contribution in [0.4, 0.5) is 15.8 Å². The molecule has 19 heavy (non-hydrogen) atoms. The number of anilines is 2. The van der Waals surface area contributed by atoms with Crippen molar-refractivity contribution >= 4 is 11.4 Å². The second kappa shape index (κ2) is 5.63. The molecule has 1 heterocycles. The number of benzene rings is 1. The predicted molar refractivity (Wildman–Crippen MR) is 71.0 cm³/mol. The van der Waals surface area contributed by atoms with Crippen LogP contribution in [-0.4, -0.2) is 44.1 Å². The van der Waals surface area contributed by atoms with Gasteiger partial charge in [0.15, 0.2) is 0 Å². The maximum absolute atomic E-state index is 14.1. The molecule has 1 aliphatic heterocycles. The average Bonchev–Trinajstić information content (AvgIpc) is 2.40. The molecule has 2 rings (SSSR count).